The molecule has 0 unspecified atom stereocenters. The lowest BCUT2D eigenvalue weighted by molar-refractivity contribution is -0.124. The highest BCUT2D eigenvalue weighted by Gasteiger charge is 2.23. The topological polar surface area (TPSA) is 69.3 Å². The van der Waals surface area contributed by atoms with Crippen molar-refractivity contribution < 1.29 is 13.9 Å². The van der Waals surface area contributed by atoms with Crippen LogP contribution in [0, 0.1) is 19.8 Å². The highest BCUT2D eigenvalue weighted by atomic mass is 16.5. The van der Waals surface area contributed by atoms with Gasteiger partial charge in [0.25, 0.3) is 0 Å². The molecule has 2 aromatic rings. The monoisotopic (exact) mass is 303 g/mol. The molecule has 118 valence electrons. The van der Waals surface area contributed by atoms with Crippen LogP contribution in [0.15, 0.2) is 22.8 Å². The van der Waals surface area contributed by atoms with E-state index in [2.05, 4.69) is 10.4 Å². The second kappa shape index (κ2) is 6.36. The van der Waals surface area contributed by atoms with E-state index in [4.69, 9.17) is 9.15 Å². The van der Waals surface area contributed by atoms with Gasteiger partial charge in [0.05, 0.1) is 36.6 Å². The number of hydrogen-bond acceptors (Lipinski definition) is 4. The summed E-state index contributed by atoms with van der Waals surface area (Å²) in [5.74, 6) is 0.901. The molecule has 3 heterocycles. The lowest BCUT2D eigenvalue weighted by Crippen LogP contribution is -2.33. The number of aromatic nitrogens is 2. The van der Waals surface area contributed by atoms with Crippen molar-refractivity contribution in [2.45, 2.75) is 26.8 Å². The van der Waals surface area contributed by atoms with Crippen LogP contribution in [0.5, 0.6) is 0 Å². The van der Waals surface area contributed by atoms with E-state index in [0.29, 0.717) is 26.3 Å². The smallest absolute Gasteiger partial charge is 0.225 e. The summed E-state index contributed by atoms with van der Waals surface area (Å²) in [7, 11) is 0. The highest BCUT2D eigenvalue weighted by molar-refractivity contribution is 5.78. The molecule has 1 aliphatic heterocycles. The summed E-state index contributed by atoms with van der Waals surface area (Å²) in [6.45, 7) is 6.41. The molecule has 1 aliphatic rings. The number of hydrogen-bond donors (Lipinski definition) is 1. The van der Waals surface area contributed by atoms with Gasteiger partial charge >= 0.3 is 0 Å². The fraction of sp³-hybridized carbons (Fsp3) is 0.500. The van der Waals surface area contributed by atoms with Crippen molar-refractivity contribution >= 4 is 5.91 Å². The first kappa shape index (κ1) is 14.8. The Balaban J connectivity index is 1.61. The summed E-state index contributed by atoms with van der Waals surface area (Å²) >= 11 is 0. The Labute approximate surface area is 129 Å². The zero-order chi connectivity index (χ0) is 15.5. The highest BCUT2D eigenvalue weighted by Crippen LogP contribution is 2.27. The van der Waals surface area contributed by atoms with Gasteiger partial charge in [0.2, 0.25) is 5.91 Å². The molecular formula is C16H21N3O3. The maximum absolute atomic E-state index is 11.9. The van der Waals surface area contributed by atoms with Crippen molar-refractivity contribution in [2.24, 2.45) is 5.92 Å². The van der Waals surface area contributed by atoms with Crippen molar-refractivity contribution in [3.8, 4) is 11.3 Å². The number of ether oxygens (including phenoxy) is 1. The molecule has 22 heavy (non-hydrogen) atoms. The zero-order valence-corrected chi connectivity index (χ0v) is 13.0. The molecule has 0 bridgehead atoms. The lowest BCUT2D eigenvalue weighted by Gasteiger charge is -2.10. The van der Waals surface area contributed by atoms with E-state index in [0.717, 1.165) is 29.1 Å². The van der Waals surface area contributed by atoms with Gasteiger partial charge in [0.15, 0.2) is 0 Å². The number of nitrogens with one attached hydrogen (secondary N) is 1. The summed E-state index contributed by atoms with van der Waals surface area (Å²) in [4.78, 5) is 11.9. The maximum atomic E-state index is 11.9. The Morgan fingerprint density at radius 1 is 1.50 bits per heavy atom. The second-order valence-electron chi connectivity index (χ2n) is 5.60. The molecule has 1 N–H and O–H groups in total. The average molecular weight is 303 g/mol. The van der Waals surface area contributed by atoms with Gasteiger partial charge in [-0.15, -0.1) is 0 Å². The number of furan rings is 1. The molecule has 1 atom stereocenters. The Morgan fingerprint density at radius 2 is 2.36 bits per heavy atom. The number of nitrogens with zero attached hydrogens (tertiary/aromatic N) is 2. The van der Waals surface area contributed by atoms with Crippen LogP contribution in [-0.4, -0.2) is 35.4 Å². The third kappa shape index (κ3) is 2.92. The minimum absolute atomic E-state index is 0.000802. The first-order valence-corrected chi connectivity index (χ1v) is 7.60. The van der Waals surface area contributed by atoms with Gasteiger partial charge in [-0.3, -0.25) is 9.48 Å². The van der Waals surface area contributed by atoms with Gasteiger partial charge in [0.1, 0.15) is 5.76 Å². The molecule has 6 heteroatoms. The Hall–Kier alpha value is -2.08. The van der Waals surface area contributed by atoms with Gasteiger partial charge < -0.3 is 14.5 Å². The van der Waals surface area contributed by atoms with Crippen molar-refractivity contribution in [1.29, 1.82) is 0 Å². The summed E-state index contributed by atoms with van der Waals surface area (Å²) in [6.07, 6.45) is 2.48. The molecule has 0 radical (unpaired) electrons. The fourth-order valence-corrected chi connectivity index (χ4v) is 2.86. The summed E-state index contributed by atoms with van der Waals surface area (Å²) < 4.78 is 12.6. The maximum Gasteiger partial charge on any atom is 0.225 e. The van der Waals surface area contributed by atoms with Crippen LogP contribution in [0.2, 0.25) is 0 Å². The molecule has 0 saturated carbocycles. The SMILES string of the molecule is Cc1nn(CCNC(=O)[C@@H]2CCOC2)c(C)c1-c1ccco1. The van der Waals surface area contributed by atoms with Crippen molar-refractivity contribution in [3.63, 3.8) is 0 Å². The third-order valence-corrected chi connectivity index (χ3v) is 4.07. The number of amides is 1. The van der Waals surface area contributed by atoms with Crippen LogP contribution >= 0.6 is 0 Å². The van der Waals surface area contributed by atoms with Gasteiger partial charge in [-0.1, -0.05) is 0 Å². The van der Waals surface area contributed by atoms with Crippen LogP contribution < -0.4 is 5.32 Å². The zero-order valence-electron chi connectivity index (χ0n) is 13.0. The molecule has 1 saturated heterocycles. The fourth-order valence-electron chi connectivity index (χ4n) is 2.86. The predicted octanol–water partition coefficient (Wildman–Crippen LogP) is 1.91. The van der Waals surface area contributed by atoms with Crippen molar-refractivity contribution in [2.75, 3.05) is 19.8 Å². The van der Waals surface area contributed by atoms with Crippen LogP contribution in [0.4, 0.5) is 0 Å². The number of aryl methyl sites for hydroxylation is 1. The number of carbonyl (C=O) groups is 1. The van der Waals surface area contributed by atoms with Crippen molar-refractivity contribution in [1.82, 2.24) is 15.1 Å². The van der Waals surface area contributed by atoms with E-state index in [1.165, 1.54) is 0 Å². The minimum Gasteiger partial charge on any atom is -0.464 e. The van der Waals surface area contributed by atoms with E-state index in [9.17, 15) is 4.79 Å². The third-order valence-electron chi connectivity index (χ3n) is 4.07. The van der Waals surface area contributed by atoms with Crippen LogP contribution in [0.25, 0.3) is 11.3 Å². The van der Waals surface area contributed by atoms with Gasteiger partial charge in [-0.05, 0) is 32.4 Å². The molecule has 6 nitrogen and oxygen atoms in total. The van der Waals surface area contributed by atoms with Crippen LogP contribution in [0.3, 0.4) is 0 Å². The Kier molecular flexibility index (Phi) is 4.29. The Morgan fingerprint density at radius 3 is 3.05 bits per heavy atom. The first-order chi connectivity index (χ1) is 10.7. The van der Waals surface area contributed by atoms with E-state index in [1.807, 2.05) is 30.7 Å². The molecule has 0 aliphatic carbocycles. The molecule has 3 rings (SSSR count). The summed E-state index contributed by atoms with van der Waals surface area (Å²) in [6, 6.07) is 3.80. The lowest BCUT2D eigenvalue weighted by atomic mass is 10.1. The predicted molar refractivity (Wildman–Crippen MR) is 81.3 cm³/mol. The van der Waals surface area contributed by atoms with Gasteiger partial charge in [-0.2, -0.15) is 5.10 Å². The van der Waals surface area contributed by atoms with E-state index in [1.54, 1.807) is 6.26 Å². The molecular weight excluding hydrogens is 282 g/mol. The molecule has 1 fully saturated rings. The molecule has 2 aromatic heterocycles. The van der Waals surface area contributed by atoms with E-state index in [-0.39, 0.29) is 11.8 Å². The molecule has 0 aromatic carbocycles. The van der Waals surface area contributed by atoms with Gasteiger partial charge in [-0.25, -0.2) is 0 Å². The largest absolute Gasteiger partial charge is 0.464 e. The summed E-state index contributed by atoms with van der Waals surface area (Å²) in [5.41, 5.74) is 3.01. The normalized spacial score (nSPS) is 17.8. The second-order valence-corrected chi connectivity index (χ2v) is 5.60. The number of rotatable bonds is 5. The molecule has 0 spiro atoms. The van der Waals surface area contributed by atoms with Crippen LogP contribution in [0.1, 0.15) is 17.8 Å². The summed E-state index contributed by atoms with van der Waals surface area (Å²) in [5, 5.41) is 7.50. The Bertz CT molecular complexity index is 640. The quantitative estimate of drug-likeness (QED) is 0.916. The van der Waals surface area contributed by atoms with Crippen molar-refractivity contribution in [3.05, 3.63) is 29.8 Å². The van der Waals surface area contributed by atoms with E-state index < -0.39 is 0 Å². The molecule has 1 amide bonds. The minimum atomic E-state index is -0.000802. The average Bonchev–Trinajstić information content (AvgIpc) is 3.22. The number of carbonyl (C=O) groups excluding carboxylic acids is 1. The van der Waals surface area contributed by atoms with Gasteiger partial charge in [0, 0.05) is 18.8 Å². The van der Waals surface area contributed by atoms with E-state index >= 15 is 0 Å². The van der Waals surface area contributed by atoms with Crippen LogP contribution in [-0.2, 0) is 16.1 Å². The standard InChI is InChI=1S/C16H21N3O3/c1-11-15(14-4-3-8-22-14)12(2)19(18-11)7-6-17-16(20)13-5-9-21-10-13/h3-4,8,13H,5-7,9-10H2,1-2H3,(H,17,20)/t13-/m1/s1. The first-order valence-electron chi connectivity index (χ1n) is 7.60.